The second kappa shape index (κ2) is 11.5. The Labute approximate surface area is 185 Å². The Hall–Kier alpha value is -3.71. The van der Waals surface area contributed by atoms with Crippen LogP contribution >= 0.6 is 11.6 Å². The summed E-state index contributed by atoms with van der Waals surface area (Å²) in [4.78, 5) is 11.9. The van der Waals surface area contributed by atoms with E-state index in [1.807, 2.05) is 48.5 Å². The summed E-state index contributed by atoms with van der Waals surface area (Å²) in [6, 6.07) is 21.4. The topological polar surface area (TPSA) is 81.2 Å². The molecule has 7 nitrogen and oxygen atoms in total. The summed E-state index contributed by atoms with van der Waals surface area (Å²) in [5.74, 6) is 1.62. The molecular formula is C23H22ClN3O4. The lowest BCUT2D eigenvalue weighted by atomic mass is 10.2. The number of amides is 2. The number of carbonyl (C=O) groups is 1. The first-order chi connectivity index (χ1) is 15.2. The SMILES string of the molecule is COc1cc(/C=N\NC(=O)Nc2ccccc2)cc(Cl)c1OCCOc1ccccc1. The molecular weight excluding hydrogens is 418 g/mol. The minimum atomic E-state index is -0.459. The van der Waals surface area contributed by atoms with Gasteiger partial charge in [-0.3, -0.25) is 0 Å². The molecule has 160 valence electrons. The number of urea groups is 1. The van der Waals surface area contributed by atoms with E-state index in [1.54, 1.807) is 24.3 Å². The van der Waals surface area contributed by atoms with Crippen molar-refractivity contribution >= 4 is 29.5 Å². The van der Waals surface area contributed by atoms with Crippen LogP contribution in [0.3, 0.4) is 0 Å². The van der Waals surface area contributed by atoms with Gasteiger partial charge in [-0.2, -0.15) is 5.10 Å². The molecule has 0 atom stereocenters. The van der Waals surface area contributed by atoms with E-state index in [1.165, 1.54) is 13.3 Å². The monoisotopic (exact) mass is 439 g/mol. The number of methoxy groups -OCH3 is 1. The van der Waals surface area contributed by atoms with E-state index in [9.17, 15) is 4.79 Å². The molecule has 0 saturated carbocycles. The minimum absolute atomic E-state index is 0.291. The summed E-state index contributed by atoms with van der Waals surface area (Å²) < 4.78 is 16.7. The number of halogens is 1. The number of ether oxygens (including phenoxy) is 3. The first-order valence-electron chi connectivity index (χ1n) is 9.49. The van der Waals surface area contributed by atoms with Crippen molar-refractivity contribution < 1.29 is 19.0 Å². The molecule has 31 heavy (non-hydrogen) atoms. The van der Waals surface area contributed by atoms with Gasteiger partial charge in [0.1, 0.15) is 19.0 Å². The van der Waals surface area contributed by atoms with Gasteiger partial charge in [-0.25, -0.2) is 10.2 Å². The fraction of sp³-hybridized carbons (Fsp3) is 0.130. The van der Waals surface area contributed by atoms with E-state index in [0.717, 1.165) is 5.75 Å². The number of hydrazone groups is 1. The maximum Gasteiger partial charge on any atom is 0.339 e. The predicted molar refractivity (Wildman–Crippen MR) is 122 cm³/mol. The summed E-state index contributed by atoms with van der Waals surface area (Å²) in [6.07, 6.45) is 1.46. The van der Waals surface area contributed by atoms with E-state index in [2.05, 4.69) is 15.8 Å². The molecule has 8 heteroatoms. The molecule has 0 aromatic heterocycles. The average Bonchev–Trinajstić information content (AvgIpc) is 2.79. The van der Waals surface area contributed by atoms with Gasteiger partial charge in [0, 0.05) is 5.69 Å². The highest BCUT2D eigenvalue weighted by atomic mass is 35.5. The first-order valence-corrected chi connectivity index (χ1v) is 9.87. The van der Waals surface area contributed by atoms with E-state index < -0.39 is 6.03 Å². The smallest absolute Gasteiger partial charge is 0.339 e. The zero-order valence-electron chi connectivity index (χ0n) is 16.9. The summed E-state index contributed by atoms with van der Waals surface area (Å²) in [5, 5.41) is 6.95. The molecule has 0 heterocycles. The van der Waals surface area contributed by atoms with Gasteiger partial charge >= 0.3 is 6.03 Å². The summed E-state index contributed by atoms with van der Waals surface area (Å²) in [6.45, 7) is 0.646. The summed E-state index contributed by atoms with van der Waals surface area (Å²) in [5.41, 5.74) is 3.69. The van der Waals surface area contributed by atoms with Crippen LogP contribution in [0.2, 0.25) is 5.02 Å². The van der Waals surface area contributed by atoms with E-state index in [-0.39, 0.29) is 0 Å². The molecule has 2 amide bonds. The Morgan fingerprint density at radius 1 is 1.00 bits per heavy atom. The maximum absolute atomic E-state index is 11.9. The molecule has 0 radical (unpaired) electrons. The van der Waals surface area contributed by atoms with Crippen molar-refractivity contribution in [3.05, 3.63) is 83.4 Å². The molecule has 0 unspecified atom stereocenters. The highest BCUT2D eigenvalue weighted by Crippen LogP contribution is 2.36. The third-order valence-electron chi connectivity index (χ3n) is 4.00. The predicted octanol–water partition coefficient (Wildman–Crippen LogP) is 4.96. The van der Waals surface area contributed by atoms with Crippen molar-refractivity contribution in [1.82, 2.24) is 5.43 Å². The van der Waals surface area contributed by atoms with Crippen LogP contribution in [-0.4, -0.2) is 32.6 Å². The number of carbonyl (C=O) groups excluding carboxylic acids is 1. The molecule has 0 saturated heterocycles. The molecule has 0 bridgehead atoms. The number of anilines is 1. The Balaban J connectivity index is 1.54. The van der Waals surface area contributed by atoms with Crippen LogP contribution in [0.15, 0.2) is 77.9 Å². The van der Waals surface area contributed by atoms with Crippen molar-refractivity contribution in [3.8, 4) is 17.2 Å². The van der Waals surface area contributed by atoms with Crippen LogP contribution in [0.1, 0.15) is 5.56 Å². The molecule has 0 fully saturated rings. The Morgan fingerprint density at radius 2 is 1.68 bits per heavy atom. The third-order valence-corrected chi connectivity index (χ3v) is 4.29. The van der Waals surface area contributed by atoms with Crippen LogP contribution in [-0.2, 0) is 0 Å². The lowest BCUT2D eigenvalue weighted by Gasteiger charge is -2.13. The maximum atomic E-state index is 11.9. The second-order valence-electron chi connectivity index (χ2n) is 6.23. The first kappa shape index (κ1) is 22.0. The van der Waals surface area contributed by atoms with Crippen molar-refractivity contribution in [2.24, 2.45) is 5.10 Å². The van der Waals surface area contributed by atoms with Gasteiger partial charge in [0.05, 0.1) is 18.3 Å². The van der Waals surface area contributed by atoms with Gasteiger partial charge in [0.2, 0.25) is 0 Å². The fourth-order valence-electron chi connectivity index (χ4n) is 2.62. The minimum Gasteiger partial charge on any atom is -0.493 e. The number of benzene rings is 3. The summed E-state index contributed by atoms with van der Waals surface area (Å²) in [7, 11) is 1.52. The fourth-order valence-corrected chi connectivity index (χ4v) is 2.89. The van der Waals surface area contributed by atoms with Gasteiger partial charge < -0.3 is 19.5 Å². The highest BCUT2D eigenvalue weighted by Gasteiger charge is 2.12. The van der Waals surface area contributed by atoms with Crippen LogP contribution < -0.4 is 25.0 Å². The molecule has 3 aromatic rings. The largest absolute Gasteiger partial charge is 0.493 e. The molecule has 0 aliphatic heterocycles. The third kappa shape index (κ3) is 6.94. The lowest BCUT2D eigenvalue weighted by molar-refractivity contribution is 0.211. The number of hydrogen-bond acceptors (Lipinski definition) is 5. The second-order valence-corrected chi connectivity index (χ2v) is 6.64. The molecule has 0 aliphatic rings. The van der Waals surface area contributed by atoms with E-state index in [0.29, 0.717) is 41.0 Å². The standard InChI is InChI=1S/C23H22ClN3O4/c1-29-21-15-17(16-25-27-23(28)26-18-8-4-2-5-9-18)14-20(24)22(21)31-13-12-30-19-10-6-3-7-11-19/h2-11,14-16H,12-13H2,1H3,(H2,26,27,28)/b25-16-. The van der Waals surface area contributed by atoms with Crippen molar-refractivity contribution in [2.45, 2.75) is 0 Å². The van der Waals surface area contributed by atoms with Crippen molar-refractivity contribution in [1.29, 1.82) is 0 Å². The van der Waals surface area contributed by atoms with E-state index in [4.69, 9.17) is 25.8 Å². The van der Waals surface area contributed by atoms with Gasteiger partial charge in [-0.1, -0.05) is 48.0 Å². The molecule has 0 spiro atoms. The Morgan fingerprint density at radius 3 is 2.39 bits per heavy atom. The molecule has 2 N–H and O–H groups in total. The van der Waals surface area contributed by atoms with Gasteiger partial charge in [-0.05, 0) is 42.0 Å². The molecule has 3 rings (SSSR count). The van der Waals surface area contributed by atoms with Gasteiger partial charge in [0.15, 0.2) is 11.5 Å². The number of hydrogen-bond donors (Lipinski definition) is 2. The van der Waals surface area contributed by atoms with Gasteiger partial charge in [0.25, 0.3) is 0 Å². The van der Waals surface area contributed by atoms with Crippen LogP contribution in [0, 0.1) is 0 Å². The Kier molecular flexibility index (Phi) is 8.13. The van der Waals surface area contributed by atoms with Crippen molar-refractivity contribution in [2.75, 3.05) is 25.6 Å². The quantitative estimate of drug-likeness (QED) is 0.280. The number of para-hydroxylation sites is 2. The Bertz CT molecular complexity index is 1010. The number of rotatable bonds is 9. The highest BCUT2D eigenvalue weighted by molar-refractivity contribution is 6.32. The van der Waals surface area contributed by atoms with Gasteiger partial charge in [-0.15, -0.1) is 0 Å². The average molecular weight is 440 g/mol. The summed E-state index contributed by atoms with van der Waals surface area (Å²) >= 11 is 6.35. The zero-order chi connectivity index (χ0) is 21.9. The number of nitrogens with zero attached hydrogens (tertiary/aromatic N) is 1. The zero-order valence-corrected chi connectivity index (χ0v) is 17.6. The molecule has 0 aliphatic carbocycles. The van der Waals surface area contributed by atoms with Crippen LogP contribution in [0.5, 0.6) is 17.2 Å². The van der Waals surface area contributed by atoms with Crippen LogP contribution in [0.25, 0.3) is 0 Å². The normalized spacial score (nSPS) is 10.5. The van der Waals surface area contributed by atoms with Crippen molar-refractivity contribution in [3.63, 3.8) is 0 Å². The van der Waals surface area contributed by atoms with E-state index >= 15 is 0 Å². The lowest BCUT2D eigenvalue weighted by Crippen LogP contribution is -2.24. The number of nitrogens with one attached hydrogen (secondary N) is 2. The van der Waals surface area contributed by atoms with Crippen LogP contribution in [0.4, 0.5) is 10.5 Å². The molecule has 3 aromatic carbocycles.